The van der Waals surface area contributed by atoms with Crippen molar-refractivity contribution in [2.24, 2.45) is 0 Å². The SMILES string of the molecule is CCOCCOc1ccccc1NCC(=O)Nc1cccc(NC(=O)CC)c1C. The molecule has 0 aliphatic rings. The molecule has 0 radical (unpaired) electrons. The third-order valence-corrected chi connectivity index (χ3v) is 4.22. The van der Waals surface area contributed by atoms with E-state index in [2.05, 4.69) is 16.0 Å². The highest BCUT2D eigenvalue weighted by Crippen LogP contribution is 2.25. The van der Waals surface area contributed by atoms with Crippen LogP contribution in [0.1, 0.15) is 25.8 Å². The van der Waals surface area contributed by atoms with E-state index in [0.29, 0.717) is 43.4 Å². The predicted octanol–water partition coefficient (Wildman–Crippen LogP) is 3.81. The smallest absolute Gasteiger partial charge is 0.243 e. The van der Waals surface area contributed by atoms with Gasteiger partial charge in [-0.1, -0.05) is 25.1 Å². The van der Waals surface area contributed by atoms with E-state index in [1.165, 1.54) is 0 Å². The van der Waals surface area contributed by atoms with Crippen molar-refractivity contribution < 1.29 is 19.1 Å². The Hall–Kier alpha value is -3.06. The second-order valence-electron chi connectivity index (χ2n) is 6.32. The average molecular weight is 399 g/mol. The molecule has 2 amide bonds. The molecule has 0 aromatic heterocycles. The molecule has 0 saturated carbocycles. The number of rotatable bonds is 11. The Kier molecular flexibility index (Phi) is 8.98. The molecule has 3 N–H and O–H groups in total. The van der Waals surface area contributed by atoms with Gasteiger partial charge in [0.15, 0.2) is 0 Å². The summed E-state index contributed by atoms with van der Waals surface area (Å²) in [4.78, 5) is 24.1. The van der Waals surface area contributed by atoms with Crippen molar-refractivity contribution in [1.82, 2.24) is 0 Å². The monoisotopic (exact) mass is 399 g/mol. The highest BCUT2D eigenvalue weighted by atomic mass is 16.5. The molecule has 0 fully saturated rings. The van der Waals surface area contributed by atoms with Crippen LogP contribution in [0.4, 0.5) is 17.1 Å². The van der Waals surface area contributed by atoms with Crippen LogP contribution in [0.25, 0.3) is 0 Å². The number of para-hydroxylation sites is 2. The van der Waals surface area contributed by atoms with Gasteiger partial charge in [0.2, 0.25) is 11.8 Å². The number of carbonyl (C=O) groups excluding carboxylic acids is 2. The number of amides is 2. The minimum absolute atomic E-state index is 0.0702. The minimum atomic E-state index is -0.198. The zero-order chi connectivity index (χ0) is 21.1. The van der Waals surface area contributed by atoms with Gasteiger partial charge in [0.25, 0.3) is 0 Å². The van der Waals surface area contributed by atoms with Gasteiger partial charge in [-0.05, 0) is 43.7 Å². The van der Waals surface area contributed by atoms with E-state index in [1.54, 1.807) is 19.1 Å². The van der Waals surface area contributed by atoms with Gasteiger partial charge in [-0.3, -0.25) is 9.59 Å². The number of hydrogen-bond donors (Lipinski definition) is 3. The maximum atomic E-state index is 12.4. The largest absolute Gasteiger partial charge is 0.489 e. The van der Waals surface area contributed by atoms with Gasteiger partial charge in [0.1, 0.15) is 12.4 Å². The third-order valence-electron chi connectivity index (χ3n) is 4.22. The van der Waals surface area contributed by atoms with Crippen LogP contribution in [0, 0.1) is 6.92 Å². The molecule has 2 aromatic carbocycles. The second-order valence-corrected chi connectivity index (χ2v) is 6.32. The summed E-state index contributed by atoms with van der Waals surface area (Å²) in [6.45, 7) is 7.26. The number of carbonyl (C=O) groups is 2. The number of benzene rings is 2. The fourth-order valence-electron chi connectivity index (χ4n) is 2.61. The molecule has 7 nitrogen and oxygen atoms in total. The van der Waals surface area contributed by atoms with Gasteiger partial charge in [0.05, 0.1) is 18.8 Å². The third kappa shape index (κ3) is 7.12. The topological polar surface area (TPSA) is 88.7 Å². The van der Waals surface area contributed by atoms with Gasteiger partial charge in [0, 0.05) is 24.4 Å². The Labute approximate surface area is 171 Å². The first-order valence-corrected chi connectivity index (χ1v) is 9.77. The maximum absolute atomic E-state index is 12.4. The van der Waals surface area contributed by atoms with Crippen LogP contribution in [-0.2, 0) is 14.3 Å². The molecule has 156 valence electrons. The summed E-state index contributed by atoms with van der Waals surface area (Å²) < 4.78 is 11.0. The first-order chi connectivity index (χ1) is 14.0. The summed E-state index contributed by atoms with van der Waals surface area (Å²) in [5, 5.41) is 8.81. The second kappa shape index (κ2) is 11.7. The fraction of sp³-hybridized carbons (Fsp3) is 0.364. The summed E-state index contributed by atoms with van der Waals surface area (Å²) >= 11 is 0. The van der Waals surface area contributed by atoms with Crippen LogP contribution < -0.4 is 20.7 Å². The normalized spacial score (nSPS) is 10.3. The highest BCUT2D eigenvalue weighted by Gasteiger charge is 2.10. The van der Waals surface area contributed by atoms with E-state index in [0.717, 1.165) is 11.3 Å². The van der Waals surface area contributed by atoms with Crippen LogP contribution in [0.15, 0.2) is 42.5 Å². The van der Waals surface area contributed by atoms with Gasteiger partial charge in [-0.15, -0.1) is 0 Å². The van der Waals surface area contributed by atoms with Gasteiger partial charge >= 0.3 is 0 Å². The van der Waals surface area contributed by atoms with E-state index in [-0.39, 0.29) is 18.4 Å². The van der Waals surface area contributed by atoms with E-state index in [1.807, 2.05) is 44.2 Å². The van der Waals surface area contributed by atoms with Crippen molar-refractivity contribution in [2.75, 3.05) is 42.3 Å². The quantitative estimate of drug-likeness (QED) is 0.500. The molecule has 0 aliphatic heterocycles. The molecule has 0 bridgehead atoms. The molecular formula is C22H29N3O4. The van der Waals surface area contributed by atoms with Crippen molar-refractivity contribution in [1.29, 1.82) is 0 Å². The minimum Gasteiger partial charge on any atom is -0.489 e. The first-order valence-electron chi connectivity index (χ1n) is 9.77. The lowest BCUT2D eigenvalue weighted by Crippen LogP contribution is -2.23. The average Bonchev–Trinajstić information content (AvgIpc) is 2.73. The molecule has 29 heavy (non-hydrogen) atoms. The maximum Gasteiger partial charge on any atom is 0.243 e. The van der Waals surface area contributed by atoms with Crippen LogP contribution in [-0.4, -0.2) is 38.2 Å². The fourth-order valence-corrected chi connectivity index (χ4v) is 2.61. The molecule has 0 atom stereocenters. The number of ether oxygens (including phenoxy) is 2. The van der Waals surface area contributed by atoms with Crippen molar-refractivity contribution in [3.63, 3.8) is 0 Å². The Morgan fingerprint density at radius 2 is 1.52 bits per heavy atom. The van der Waals surface area contributed by atoms with Crippen LogP contribution >= 0.6 is 0 Å². The number of hydrogen-bond acceptors (Lipinski definition) is 5. The lowest BCUT2D eigenvalue weighted by molar-refractivity contribution is -0.116. The Morgan fingerprint density at radius 1 is 0.862 bits per heavy atom. The van der Waals surface area contributed by atoms with Crippen molar-refractivity contribution in [3.05, 3.63) is 48.0 Å². The van der Waals surface area contributed by atoms with E-state index < -0.39 is 0 Å². The molecule has 0 saturated heterocycles. The van der Waals surface area contributed by atoms with Gasteiger partial charge in [-0.25, -0.2) is 0 Å². The van der Waals surface area contributed by atoms with E-state index >= 15 is 0 Å². The first kappa shape index (κ1) is 22.2. The molecule has 0 heterocycles. The molecule has 2 aromatic rings. The number of nitrogens with one attached hydrogen (secondary N) is 3. The van der Waals surface area contributed by atoms with Crippen LogP contribution in [0.5, 0.6) is 5.75 Å². The molecule has 0 unspecified atom stereocenters. The van der Waals surface area contributed by atoms with Crippen LogP contribution in [0.3, 0.4) is 0 Å². The summed E-state index contributed by atoms with van der Waals surface area (Å²) in [6, 6.07) is 12.9. The standard InChI is InChI=1S/C22H29N3O4/c1-4-21(26)24-17-10-8-11-18(16(17)3)25-22(27)15-23-19-9-6-7-12-20(19)29-14-13-28-5-2/h6-12,23H,4-5,13-15H2,1-3H3,(H,24,26)(H,25,27). The summed E-state index contributed by atoms with van der Waals surface area (Å²) in [7, 11) is 0. The van der Waals surface area contributed by atoms with E-state index in [4.69, 9.17) is 9.47 Å². The molecule has 0 spiro atoms. The Balaban J connectivity index is 1.94. The molecular weight excluding hydrogens is 370 g/mol. The summed E-state index contributed by atoms with van der Waals surface area (Å²) in [5.74, 6) is 0.399. The molecule has 2 rings (SSSR count). The van der Waals surface area contributed by atoms with Crippen molar-refractivity contribution >= 4 is 28.9 Å². The Morgan fingerprint density at radius 3 is 2.21 bits per heavy atom. The van der Waals surface area contributed by atoms with Crippen LogP contribution in [0.2, 0.25) is 0 Å². The highest BCUT2D eigenvalue weighted by molar-refractivity contribution is 5.97. The lowest BCUT2D eigenvalue weighted by atomic mass is 10.1. The van der Waals surface area contributed by atoms with Gasteiger partial charge < -0.3 is 25.4 Å². The zero-order valence-corrected chi connectivity index (χ0v) is 17.2. The van der Waals surface area contributed by atoms with E-state index in [9.17, 15) is 9.59 Å². The lowest BCUT2D eigenvalue weighted by Gasteiger charge is -2.15. The van der Waals surface area contributed by atoms with Gasteiger partial charge in [-0.2, -0.15) is 0 Å². The zero-order valence-electron chi connectivity index (χ0n) is 17.2. The Bertz CT molecular complexity index is 823. The summed E-state index contributed by atoms with van der Waals surface area (Å²) in [5.41, 5.74) is 2.89. The number of anilines is 3. The van der Waals surface area contributed by atoms with Crippen molar-refractivity contribution in [2.45, 2.75) is 27.2 Å². The summed E-state index contributed by atoms with van der Waals surface area (Å²) in [6.07, 6.45) is 0.395. The molecule has 7 heteroatoms. The van der Waals surface area contributed by atoms with Crippen molar-refractivity contribution in [3.8, 4) is 5.75 Å². The molecule has 0 aliphatic carbocycles. The predicted molar refractivity (Wildman–Crippen MR) is 116 cm³/mol.